The molecule has 0 unspecified atom stereocenters. The zero-order valence-corrected chi connectivity index (χ0v) is 25.7. The number of aromatic nitrogens is 10. The van der Waals surface area contributed by atoms with Gasteiger partial charge in [0.1, 0.15) is 12.7 Å². The van der Waals surface area contributed by atoms with Crippen molar-refractivity contribution in [2.45, 2.75) is 53.8 Å². The number of hydrogen-bond acceptors (Lipinski definition) is 13. The third-order valence-corrected chi connectivity index (χ3v) is 5.37. The standard InChI is InChI=1S/C15H16N6O2.C14H18N6O2/c1-10(2)23-14-7-12(6-11(3)18-14)15-16-8-21(20-15)5-4-13-19-17-9-22-13;1-9(2)22-13-7-11(6-10(3)17-13)14-16-8-20(19-14)5-4-12(21)18-15/h4-10H,1-3H3;4-9H,15H2,1-3H3,(H,18,21)/b2*5-4-. The molecule has 5 rings (SSSR count). The maximum absolute atomic E-state index is 11.0. The van der Waals surface area contributed by atoms with Crippen molar-refractivity contribution in [3.8, 4) is 34.5 Å². The van der Waals surface area contributed by atoms with Crippen LogP contribution < -0.4 is 20.7 Å². The summed E-state index contributed by atoms with van der Waals surface area (Å²) < 4.78 is 19.3. The summed E-state index contributed by atoms with van der Waals surface area (Å²) in [5.74, 6) is 7.14. The second-order valence-corrected chi connectivity index (χ2v) is 10.0. The molecule has 5 aromatic rings. The molecule has 0 radical (unpaired) electrons. The van der Waals surface area contributed by atoms with Crippen LogP contribution in [0.2, 0.25) is 0 Å². The van der Waals surface area contributed by atoms with Crippen LogP contribution in [0.3, 0.4) is 0 Å². The normalized spacial score (nSPS) is 11.3. The average molecular weight is 615 g/mol. The first-order valence-corrected chi connectivity index (χ1v) is 13.8. The van der Waals surface area contributed by atoms with Gasteiger partial charge in [-0.1, -0.05) is 0 Å². The molecule has 3 N–H and O–H groups in total. The lowest BCUT2D eigenvalue weighted by Crippen LogP contribution is -2.28. The molecule has 0 aromatic carbocycles. The third-order valence-electron chi connectivity index (χ3n) is 5.37. The Bertz CT molecular complexity index is 1760. The van der Waals surface area contributed by atoms with Gasteiger partial charge in [0.25, 0.3) is 5.91 Å². The minimum atomic E-state index is -0.426. The smallest absolute Gasteiger partial charge is 0.259 e. The van der Waals surface area contributed by atoms with Crippen molar-refractivity contribution >= 4 is 24.4 Å². The Morgan fingerprint density at radius 3 is 1.87 bits per heavy atom. The van der Waals surface area contributed by atoms with Crippen LogP contribution in [0.4, 0.5) is 0 Å². The van der Waals surface area contributed by atoms with Crippen LogP contribution in [0.5, 0.6) is 11.8 Å². The van der Waals surface area contributed by atoms with Crippen LogP contribution in [0, 0.1) is 13.8 Å². The summed E-state index contributed by atoms with van der Waals surface area (Å²) in [7, 11) is 0. The fourth-order valence-electron chi connectivity index (χ4n) is 3.68. The summed E-state index contributed by atoms with van der Waals surface area (Å²) in [6, 6.07) is 7.38. The lowest BCUT2D eigenvalue weighted by atomic mass is 10.2. The number of ether oxygens (including phenoxy) is 2. The Morgan fingerprint density at radius 1 is 0.867 bits per heavy atom. The molecule has 45 heavy (non-hydrogen) atoms. The van der Waals surface area contributed by atoms with Crippen LogP contribution in [0.25, 0.3) is 41.3 Å². The summed E-state index contributed by atoms with van der Waals surface area (Å²) in [5.41, 5.74) is 5.28. The molecule has 0 aliphatic carbocycles. The molecule has 16 heteroatoms. The number of nitrogens with two attached hydrogens (primary N) is 1. The molecule has 5 aromatic heterocycles. The lowest BCUT2D eigenvalue weighted by Gasteiger charge is -2.10. The van der Waals surface area contributed by atoms with E-state index < -0.39 is 5.91 Å². The fraction of sp³-hybridized carbons (Fsp3) is 0.276. The molecule has 0 saturated carbocycles. The number of aryl methyl sites for hydroxylation is 2. The van der Waals surface area contributed by atoms with Gasteiger partial charge in [-0.15, -0.1) is 20.4 Å². The number of carbonyl (C=O) groups is 1. The van der Waals surface area contributed by atoms with E-state index in [1.54, 1.807) is 29.4 Å². The molecular weight excluding hydrogens is 580 g/mol. The number of hydrogen-bond donors (Lipinski definition) is 2. The molecular formula is C29H34N12O4. The predicted molar refractivity (Wildman–Crippen MR) is 165 cm³/mol. The van der Waals surface area contributed by atoms with Crippen molar-refractivity contribution in [3.63, 3.8) is 0 Å². The van der Waals surface area contributed by atoms with Crippen LogP contribution >= 0.6 is 0 Å². The molecule has 0 aliphatic heterocycles. The number of amides is 1. The van der Waals surface area contributed by atoms with Crippen molar-refractivity contribution in [3.05, 3.63) is 66.7 Å². The largest absolute Gasteiger partial charge is 0.475 e. The van der Waals surface area contributed by atoms with Gasteiger partial charge < -0.3 is 13.9 Å². The van der Waals surface area contributed by atoms with Crippen molar-refractivity contribution in [2.75, 3.05) is 0 Å². The summed E-state index contributed by atoms with van der Waals surface area (Å²) >= 11 is 0. The predicted octanol–water partition coefficient (Wildman–Crippen LogP) is 3.34. The first kappa shape index (κ1) is 32.2. The van der Waals surface area contributed by atoms with E-state index >= 15 is 0 Å². The maximum Gasteiger partial charge on any atom is 0.259 e. The lowest BCUT2D eigenvalue weighted by molar-refractivity contribution is -0.116. The monoisotopic (exact) mass is 614 g/mol. The maximum atomic E-state index is 11.0. The number of rotatable bonds is 10. The van der Waals surface area contributed by atoms with Gasteiger partial charge in [-0.05, 0) is 53.7 Å². The first-order chi connectivity index (χ1) is 21.6. The summed E-state index contributed by atoms with van der Waals surface area (Å²) in [6.45, 7) is 11.6. The quantitative estimate of drug-likeness (QED) is 0.100. The number of nitrogens with one attached hydrogen (secondary N) is 1. The Morgan fingerprint density at radius 2 is 1.40 bits per heavy atom. The topological polar surface area (TPSA) is 200 Å². The Labute approximate surface area is 259 Å². The van der Waals surface area contributed by atoms with E-state index in [1.165, 1.54) is 29.7 Å². The SMILES string of the molecule is Cc1cc(-c2ncn(/C=C\C(=O)NN)n2)cc(OC(C)C)n1.Cc1cc(-c2ncn(/C=C\c3nnco3)n2)cc(OC(C)C)n1. The average Bonchev–Trinajstić information content (AvgIpc) is 3.76. The van der Waals surface area contributed by atoms with Gasteiger partial charge in [0.05, 0.1) is 12.2 Å². The second kappa shape index (κ2) is 15.1. The molecule has 1 amide bonds. The van der Waals surface area contributed by atoms with E-state index in [2.05, 4.69) is 40.3 Å². The van der Waals surface area contributed by atoms with E-state index in [9.17, 15) is 4.79 Å². The van der Waals surface area contributed by atoms with Crippen molar-refractivity contribution in [1.82, 2.24) is 55.1 Å². The number of carbonyl (C=O) groups excluding carboxylic acids is 1. The zero-order valence-electron chi connectivity index (χ0n) is 25.7. The Hall–Kier alpha value is -5.77. The minimum Gasteiger partial charge on any atom is -0.475 e. The number of nitrogens with zero attached hydrogens (tertiary/aromatic N) is 10. The number of pyridine rings is 2. The summed E-state index contributed by atoms with van der Waals surface area (Å²) in [5, 5.41) is 16.0. The van der Waals surface area contributed by atoms with Crippen LogP contribution in [0.1, 0.15) is 45.0 Å². The van der Waals surface area contributed by atoms with Crippen LogP contribution in [-0.2, 0) is 4.79 Å². The van der Waals surface area contributed by atoms with Crippen molar-refractivity contribution in [2.24, 2.45) is 5.84 Å². The number of hydrazine groups is 1. The molecule has 16 nitrogen and oxygen atoms in total. The fourth-order valence-corrected chi connectivity index (χ4v) is 3.68. The van der Waals surface area contributed by atoms with E-state index in [4.69, 9.17) is 19.7 Å². The van der Waals surface area contributed by atoms with Gasteiger partial charge in [-0.25, -0.2) is 35.1 Å². The van der Waals surface area contributed by atoms with Crippen molar-refractivity contribution in [1.29, 1.82) is 0 Å². The minimum absolute atomic E-state index is 0.0328. The van der Waals surface area contributed by atoms with Gasteiger partial charge in [0, 0.05) is 59.2 Å². The highest BCUT2D eigenvalue weighted by Crippen LogP contribution is 2.22. The molecule has 0 aliphatic rings. The van der Waals surface area contributed by atoms with Gasteiger partial charge in [-0.2, -0.15) is 0 Å². The summed E-state index contributed by atoms with van der Waals surface area (Å²) in [6.07, 6.45) is 10.5. The van der Waals surface area contributed by atoms with Gasteiger partial charge >= 0.3 is 0 Å². The van der Waals surface area contributed by atoms with Crippen molar-refractivity contribution < 1.29 is 18.7 Å². The summed E-state index contributed by atoms with van der Waals surface area (Å²) in [4.78, 5) is 28.2. The van der Waals surface area contributed by atoms with Gasteiger partial charge in [-0.3, -0.25) is 10.2 Å². The molecule has 0 saturated heterocycles. The van der Waals surface area contributed by atoms with E-state index in [0.29, 0.717) is 29.3 Å². The second-order valence-electron chi connectivity index (χ2n) is 10.0. The molecule has 0 spiro atoms. The highest BCUT2D eigenvalue weighted by molar-refractivity contribution is 5.89. The molecule has 0 fully saturated rings. The molecule has 234 valence electrons. The van der Waals surface area contributed by atoms with E-state index in [0.717, 1.165) is 22.5 Å². The first-order valence-electron chi connectivity index (χ1n) is 13.8. The third kappa shape index (κ3) is 9.89. The Kier molecular flexibility index (Phi) is 10.8. The van der Waals surface area contributed by atoms with E-state index in [1.807, 2.05) is 65.2 Å². The van der Waals surface area contributed by atoms with Gasteiger partial charge in [0.2, 0.25) is 24.0 Å². The highest BCUT2D eigenvalue weighted by Gasteiger charge is 2.10. The molecule has 5 heterocycles. The molecule has 0 atom stereocenters. The van der Waals surface area contributed by atoms with Gasteiger partial charge in [0.15, 0.2) is 11.6 Å². The Balaban J connectivity index is 0.000000205. The zero-order chi connectivity index (χ0) is 32.3. The highest BCUT2D eigenvalue weighted by atomic mass is 16.5. The molecule has 0 bridgehead atoms. The van der Waals surface area contributed by atoms with Crippen LogP contribution in [-0.4, -0.2) is 67.8 Å². The van der Waals surface area contributed by atoms with Crippen LogP contribution in [0.15, 0.2) is 53.8 Å². The van der Waals surface area contributed by atoms with E-state index in [-0.39, 0.29) is 12.2 Å².